The third-order valence-electron chi connectivity index (χ3n) is 2.10. The molecule has 0 saturated carbocycles. The number of hydrogen-bond donors (Lipinski definition) is 0. The minimum absolute atomic E-state index is 0.0904. The van der Waals surface area contributed by atoms with E-state index in [1.165, 1.54) is 0 Å². The lowest BCUT2D eigenvalue weighted by Crippen LogP contribution is -2.12. The Labute approximate surface area is 107 Å². The Morgan fingerprint density at radius 1 is 1.56 bits per heavy atom. The van der Waals surface area contributed by atoms with Gasteiger partial charge in [-0.15, -0.1) is 11.6 Å². The normalized spacial score (nSPS) is 10.8. The zero-order valence-electron chi connectivity index (χ0n) is 9.55. The van der Waals surface area contributed by atoms with Crippen LogP contribution in [0.4, 0.5) is 13.2 Å². The first-order valence-electron chi connectivity index (χ1n) is 5.17. The van der Waals surface area contributed by atoms with Gasteiger partial charge in [-0.2, -0.15) is 0 Å². The minimum Gasteiger partial charge on any atom is -0.466 e. The van der Waals surface area contributed by atoms with E-state index in [4.69, 9.17) is 11.6 Å². The fourth-order valence-corrected chi connectivity index (χ4v) is 1.49. The van der Waals surface area contributed by atoms with Crippen LogP contribution < -0.4 is 0 Å². The van der Waals surface area contributed by atoms with Crippen LogP contribution in [-0.2, 0) is 21.8 Å². The molecule has 1 aromatic heterocycles. The molecule has 0 radical (unpaired) electrons. The highest BCUT2D eigenvalue weighted by Gasteiger charge is 2.21. The number of halogens is 4. The first kappa shape index (κ1) is 14.8. The largest absolute Gasteiger partial charge is 0.466 e. The Hall–Kier alpha value is -1.30. The maximum absolute atomic E-state index is 13.6. The topological polar surface area (TPSA) is 39.2 Å². The average molecular weight is 282 g/mol. The van der Waals surface area contributed by atoms with Gasteiger partial charge >= 0.3 is 5.97 Å². The van der Waals surface area contributed by atoms with Crippen molar-refractivity contribution >= 4 is 17.6 Å². The van der Waals surface area contributed by atoms with E-state index in [-0.39, 0.29) is 23.9 Å². The second kappa shape index (κ2) is 6.58. The molecule has 100 valence electrons. The lowest BCUT2D eigenvalue weighted by atomic mass is 10.1. The highest BCUT2D eigenvalue weighted by atomic mass is 35.5. The van der Waals surface area contributed by atoms with Gasteiger partial charge in [0.2, 0.25) is 0 Å². The van der Waals surface area contributed by atoms with Crippen molar-refractivity contribution < 1.29 is 22.7 Å². The second-order valence-corrected chi connectivity index (χ2v) is 3.65. The van der Waals surface area contributed by atoms with Crippen molar-refractivity contribution in [2.45, 2.75) is 25.7 Å². The van der Waals surface area contributed by atoms with Crippen LogP contribution in [0.1, 0.15) is 30.3 Å². The summed E-state index contributed by atoms with van der Waals surface area (Å²) in [5, 5.41) is 0. The summed E-state index contributed by atoms with van der Waals surface area (Å²) in [7, 11) is 0. The zero-order valence-corrected chi connectivity index (χ0v) is 10.3. The van der Waals surface area contributed by atoms with E-state index in [9.17, 15) is 18.0 Å². The Kier molecular flexibility index (Phi) is 5.40. The molecule has 0 N–H and O–H groups in total. The number of rotatable bonds is 5. The van der Waals surface area contributed by atoms with E-state index in [0.717, 1.165) is 6.07 Å². The van der Waals surface area contributed by atoms with Crippen LogP contribution in [0.2, 0.25) is 0 Å². The quantitative estimate of drug-likeness (QED) is 0.615. The summed E-state index contributed by atoms with van der Waals surface area (Å²) in [6.45, 7) is 1.71. The maximum Gasteiger partial charge on any atom is 0.311 e. The SMILES string of the molecule is CCOC(=O)Cc1nc(CCl)cc(C(F)F)c1F. The Morgan fingerprint density at radius 2 is 2.22 bits per heavy atom. The summed E-state index contributed by atoms with van der Waals surface area (Å²) in [6.07, 6.45) is -3.49. The van der Waals surface area contributed by atoms with Crippen LogP contribution in [0.5, 0.6) is 0 Å². The third kappa shape index (κ3) is 3.60. The molecule has 0 saturated heterocycles. The van der Waals surface area contributed by atoms with E-state index in [0.29, 0.717) is 0 Å². The molecule has 0 amide bonds. The van der Waals surface area contributed by atoms with Crippen LogP contribution in [-0.4, -0.2) is 17.6 Å². The molecule has 0 unspecified atom stereocenters. The number of ether oxygens (including phenoxy) is 1. The van der Waals surface area contributed by atoms with Gasteiger partial charge in [-0.3, -0.25) is 9.78 Å². The van der Waals surface area contributed by atoms with E-state index in [2.05, 4.69) is 9.72 Å². The smallest absolute Gasteiger partial charge is 0.311 e. The van der Waals surface area contributed by atoms with E-state index in [1.807, 2.05) is 0 Å². The van der Waals surface area contributed by atoms with Crippen molar-refractivity contribution in [3.05, 3.63) is 28.8 Å². The number of pyridine rings is 1. The molecule has 0 aromatic carbocycles. The van der Waals surface area contributed by atoms with Crippen LogP contribution >= 0.6 is 11.6 Å². The molecular weight excluding hydrogens is 271 g/mol. The summed E-state index contributed by atoms with van der Waals surface area (Å²) in [4.78, 5) is 14.9. The number of carbonyl (C=O) groups is 1. The average Bonchev–Trinajstić information content (AvgIpc) is 2.31. The summed E-state index contributed by atoms with van der Waals surface area (Å²) in [5.74, 6) is -2.06. The van der Waals surface area contributed by atoms with Crippen molar-refractivity contribution in [1.29, 1.82) is 0 Å². The van der Waals surface area contributed by atoms with Gasteiger partial charge in [0.25, 0.3) is 6.43 Å². The van der Waals surface area contributed by atoms with E-state index >= 15 is 0 Å². The molecule has 0 aliphatic rings. The highest BCUT2D eigenvalue weighted by molar-refractivity contribution is 6.16. The molecule has 0 spiro atoms. The molecule has 1 aromatic rings. The number of alkyl halides is 3. The fourth-order valence-electron chi connectivity index (χ4n) is 1.36. The summed E-state index contributed by atoms with van der Waals surface area (Å²) >= 11 is 5.48. The maximum atomic E-state index is 13.6. The Morgan fingerprint density at radius 3 is 2.72 bits per heavy atom. The van der Waals surface area contributed by atoms with Crippen molar-refractivity contribution in [2.24, 2.45) is 0 Å². The van der Waals surface area contributed by atoms with Gasteiger partial charge in [0, 0.05) is 0 Å². The van der Waals surface area contributed by atoms with Crippen molar-refractivity contribution in [3.8, 4) is 0 Å². The van der Waals surface area contributed by atoms with Crippen molar-refractivity contribution in [2.75, 3.05) is 6.61 Å². The van der Waals surface area contributed by atoms with E-state index < -0.39 is 30.2 Å². The predicted molar refractivity (Wildman–Crippen MR) is 59.0 cm³/mol. The number of aromatic nitrogens is 1. The Balaban J connectivity index is 3.09. The molecule has 0 fully saturated rings. The lowest BCUT2D eigenvalue weighted by Gasteiger charge is -2.09. The molecule has 3 nitrogen and oxygen atoms in total. The van der Waals surface area contributed by atoms with Gasteiger partial charge in [0.15, 0.2) is 5.82 Å². The fraction of sp³-hybridized carbons (Fsp3) is 0.455. The van der Waals surface area contributed by atoms with E-state index in [1.54, 1.807) is 6.92 Å². The second-order valence-electron chi connectivity index (χ2n) is 3.38. The standard InChI is InChI=1S/C11H11ClF3NO2/c1-2-18-9(17)4-8-10(13)7(11(14)15)3-6(5-12)16-8/h3,11H,2,4-5H2,1H3. The minimum atomic E-state index is -2.99. The molecule has 18 heavy (non-hydrogen) atoms. The Bertz CT molecular complexity index is 441. The molecule has 7 heteroatoms. The number of esters is 1. The van der Waals surface area contributed by atoms with Gasteiger partial charge in [-0.1, -0.05) is 0 Å². The van der Waals surface area contributed by atoms with Crippen molar-refractivity contribution in [1.82, 2.24) is 4.98 Å². The number of hydrogen-bond acceptors (Lipinski definition) is 3. The van der Waals surface area contributed by atoms with Crippen LogP contribution in [0.25, 0.3) is 0 Å². The molecular formula is C11H11ClF3NO2. The summed E-state index contributed by atoms with van der Waals surface area (Å²) in [5.41, 5.74) is -1.09. The van der Waals surface area contributed by atoms with Gasteiger partial charge in [-0.25, -0.2) is 13.2 Å². The third-order valence-corrected chi connectivity index (χ3v) is 2.37. The first-order chi connectivity index (χ1) is 8.49. The summed E-state index contributed by atoms with van der Waals surface area (Å²) in [6, 6.07) is 0.891. The molecule has 0 atom stereocenters. The predicted octanol–water partition coefficient (Wildman–Crippen LogP) is 3.00. The van der Waals surface area contributed by atoms with Gasteiger partial charge in [-0.05, 0) is 13.0 Å². The first-order valence-corrected chi connectivity index (χ1v) is 5.71. The molecule has 1 heterocycles. The monoisotopic (exact) mass is 281 g/mol. The highest BCUT2D eigenvalue weighted by Crippen LogP contribution is 2.25. The number of nitrogens with zero attached hydrogens (tertiary/aromatic N) is 1. The van der Waals surface area contributed by atoms with Crippen LogP contribution in [0.15, 0.2) is 6.07 Å². The van der Waals surface area contributed by atoms with Gasteiger partial charge in [0.1, 0.15) is 0 Å². The zero-order chi connectivity index (χ0) is 13.7. The van der Waals surface area contributed by atoms with Gasteiger partial charge < -0.3 is 4.74 Å². The lowest BCUT2D eigenvalue weighted by molar-refractivity contribution is -0.142. The molecule has 0 aliphatic carbocycles. The molecule has 0 aliphatic heterocycles. The van der Waals surface area contributed by atoms with Crippen molar-refractivity contribution in [3.63, 3.8) is 0 Å². The molecule has 0 bridgehead atoms. The van der Waals surface area contributed by atoms with Gasteiger partial charge in [0.05, 0.1) is 35.9 Å². The van der Waals surface area contributed by atoms with Crippen LogP contribution in [0.3, 0.4) is 0 Å². The summed E-state index contributed by atoms with van der Waals surface area (Å²) < 4.78 is 43.4. The van der Waals surface area contributed by atoms with Crippen LogP contribution in [0, 0.1) is 5.82 Å². The number of carbonyl (C=O) groups excluding carboxylic acids is 1. The molecule has 1 rings (SSSR count).